The van der Waals surface area contributed by atoms with E-state index in [1.165, 1.54) is 0 Å². The number of esters is 2. The Morgan fingerprint density at radius 3 is 1.82 bits per heavy atom. The standard InChI is InChI=1S/C31H41O6P/c1-4-35-28-20-23-31(24-21-30(33)37-6-3,22-19-25(28)17-18-29(32)36-5-2)38(34,26-13-9-7-10-14-26)27-15-11-8-12-16-27/h7-16H,4-6,17-24H2,1-3H3. The van der Waals surface area contributed by atoms with E-state index in [9.17, 15) is 9.59 Å². The summed E-state index contributed by atoms with van der Waals surface area (Å²) in [5, 5.41) is 0.905. The summed E-state index contributed by atoms with van der Waals surface area (Å²) in [6.45, 7) is 6.74. The maximum atomic E-state index is 15.7. The Kier molecular flexibility index (Phi) is 11.2. The van der Waals surface area contributed by atoms with Gasteiger partial charge < -0.3 is 18.8 Å². The van der Waals surface area contributed by atoms with Crippen molar-refractivity contribution in [1.82, 2.24) is 0 Å². The largest absolute Gasteiger partial charge is 0.498 e. The minimum absolute atomic E-state index is 0.194. The molecule has 0 fully saturated rings. The van der Waals surface area contributed by atoms with Crippen LogP contribution in [0.1, 0.15) is 72.1 Å². The average molecular weight is 541 g/mol. The summed E-state index contributed by atoms with van der Waals surface area (Å²) in [6, 6.07) is 19.4. The van der Waals surface area contributed by atoms with Crippen molar-refractivity contribution in [3.63, 3.8) is 0 Å². The molecule has 1 aliphatic rings. The van der Waals surface area contributed by atoms with E-state index in [1.54, 1.807) is 13.8 Å². The lowest BCUT2D eigenvalue weighted by Crippen LogP contribution is -2.39. The first-order valence-electron chi connectivity index (χ1n) is 13.8. The van der Waals surface area contributed by atoms with Gasteiger partial charge in [-0.05, 0) is 58.4 Å². The maximum Gasteiger partial charge on any atom is 0.306 e. The minimum atomic E-state index is -3.24. The zero-order chi connectivity index (χ0) is 27.4. The van der Waals surface area contributed by atoms with Crippen molar-refractivity contribution in [2.45, 2.75) is 77.3 Å². The van der Waals surface area contributed by atoms with Gasteiger partial charge in [-0.15, -0.1) is 0 Å². The molecule has 0 heterocycles. The lowest BCUT2D eigenvalue weighted by molar-refractivity contribution is -0.144. The fourth-order valence-electron chi connectivity index (χ4n) is 5.53. The molecular formula is C31H41O6P. The summed E-state index contributed by atoms with van der Waals surface area (Å²) in [5.41, 5.74) is 1.07. The van der Waals surface area contributed by atoms with E-state index in [4.69, 9.17) is 14.2 Å². The summed E-state index contributed by atoms with van der Waals surface area (Å²) < 4.78 is 32.2. The Bertz CT molecular complexity index is 1080. The van der Waals surface area contributed by atoms with Crippen LogP contribution in [0.2, 0.25) is 0 Å². The molecule has 0 aliphatic heterocycles. The van der Waals surface area contributed by atoms with Gasteiger partial charge in [0.15, 0.2) is 0 Å². The summed E-state index contributed by atoms with van der Waals surface area (Å²) in [6.07, 6.45) is 3.92. The molecule has 2 aromatic carbocycles. The van der Waals surface area contributed by atoms with Gasteiger partial charge in [-0.1, -0.05) is 60.7 Å². The number of rotatable bonds is 13. The van der Waals surface area contributed by atoms with E-state index in [0.717, 1.165) is 21.9 Å². The van der Waals surface area contributed by atoms with Crippen LogP contribution >= 0.6 is 7.14 Å². The number of benzene rings is 2. The molecule has 38 heavy (non-hydrogen) atoms. The second-order valence-electron chi connectivity index (χ2n) is 9.57. The van der Waals surface area contributed by atoms with Gasteiger partial charge in [0.05, 0.1) is 25.6 Å². The molecule has 0 bridgehead atoms. The van der Waals surface area contributed by atoms with Crippen LogP contribution in [0, 0.1) is 0 Å². The van der Waals surface area contributed by atoms with E-state index in [2.05, 4.69) is 0 Å². The summed E-state index contributed by atoms with van der Waals surface area (Å²) >= 11 is 0. The van der Waals surface area contributed by atoms with Crippen molar-refractivity contribution in [2.75, 3.05) is 19.8 Å². The zero-order valence-electron chi connectivity index (χ0n) is 22.9. The van der Waals surface area contributed by atoms with Crippen LogP contribution in [0.25, 0.3) is 0 Å². The van der Waals surface area contributed by atoms with Crippen molar-refractivity contribution < 1.29 is 28.4 Å². The zero-order valence-corrected chi connectivity index (χ0v) is 23.8. The predicted molar refractivity (Wildman–Crippen MR) is 151 cm³/mol. The monoisotopic (exact) mass is 540 g/mol. The molecule has 0 N–H and O–H groups in total. The first-order valence-corrected chi connectivity index (χ1v) is 15.5. The Balaban J connectivity index is 2.07. The fraction of sp³-hybridized carbons (Fsp3) is 0.484. The molecule has 3 rings (SSSR count). The number of hydrogen-bond donors (Lipinski definition) is 0. The highest BCUT2D eigenvalue weighted by Gasteiger charge is 2.50. The molecule has 1 aliphatic carbocycles. The molecule has 0 saturated heterocycles. The van der Waals surface area contributed by atoms with E-state index >= 15 is 4.57 Å². The number of carbonyl (C=O) groups excluding carboxylic acids is 2. The van der Waals surface area contributed by atoms with E-state index in [-0.39, 0.29) is 24.8 Å². The quantitative estimate of drug-likeness (QED) is 0.219. The molecule has 2 aromatic rings. The van der Waals surface area contributed by atoms with Gasteiger partial charge in [-0.2, -0.15) is 0 Å². The van der Waals surface area contributed by atoms with Crippen LogP contribution in [0.3, 0.4) is 0 Å². The number of ether oxygens (including phenoxy) is 3. The average Bonchev–Trinajstić information content (AvgIpc) is 3.12. The Labute approximate surface area is 227 Å². The van der Waals surface area contributed by atoms with Crippen LogP contribution in [0.5, 0.6) is 0 Å². The highest BCUT2D eigenvalue weighted by atomic mass is 31.2. The van der Waals surface area contributed by atoms with Crippen LogP contribution < -0.4 is 10.6 Å². The van der Waals surface area contributed by atoms with Crippen LogP contribution in [-0.4, -0.2) is 36.9 Å². The number of allylic oxidation sites excluding steroid dienone is 2. The van der Waals surface area contributed by atoms with Crippen LogP contribution in [0.4, 0.5) is 0 Å². The molecule has 0 saturated carbocycles. The molecule has 1 atom stereocenters. The predicted octanol–water partition coefficient (Wildman–Crippen LogP) is 6.29. The first kappa shape index (κ1) is 29.7. The van der Waals surface area contributed by atoms with Crippen molar-refractivity contribution >= 4 is 29.7 Å². The first-order chi connectivity index (χ1) is 18.4. The van der Waals surface area contributed by atoms with E-state index in [1.807, 2.05) is 67.6 Å². The topological polar surface area (TPSA) is 78.9 Å². The third-order valence-electron chi connectivity index (χ3n) is 7.37. The highest BCUT2D eigenvalue weighted by Crippen LogP contribution is 2.63. The second kappa shape index (κ2) is 14.3. The van der Waals surface area contributed by atoms with Gasteiger partial charge in [0.1, 0.15) is 7.14 Å². The lowest BCUT2D eigenvalue weighted by atomic mass is 9.92. The Morgan fingerprint density at radius 1 is 0.763 bits per heavy atom. The molecule has 1 unspecified atom stereocenters. The lowest BCUT2D eigenvalue weighted by Gasteiger charge is -2.41. The van der Waals surface area contributed by atoms with Crippen LogP contribution in [0.15, 0.2) is 72.0 Å². The minimum Gasteiger partial charge on any atom is -0.498 e. The van der Waals surface area contributed by atoms with Gasteiger partial charge in [-0.25, -0.2) is 0 Å². The summed E-state index contributed by atoms with van der Waals surface area (Å²) in [7, 11) is -3.24. The second-order valence-corrected chi connectivity index (χ2v) is 12.8. The molecule has 6 nitrogen and oxygen atoms in total. The smallest absolute Gasteiger partial charge is 0.306 e. The molecule has 206 valence electrons. The van der Waals surface area contributed by atoms with Crippen molar-refractivity contribution in [3.8, 4) is 0 Å². The van der Waals surface area contributed by atoms with Crippen molar-refractivity contribution in [2.24, 2.45) is 0 Å². The normalized spacial score (nSPS) is 18.0. The van der Waals surface area contributed by atoms with Gasteiger partial charge in [0.25, 0.3) is 0 Å². The van der Waals surface area contributed by atoms with Gasteiger partial charge in [0.2, 0.25) is 0 Å². The third-order valence-corrected chi connectivity index (χ3v) is 11.4. The Hall–Kier alpha value is -2.85. The molecule has 0 aromatic heterocycles. The third kappa shape index (κ3) is 6.96. The molecular weight excluding hydrogens is 499 g/mol. The van der Waals surface area contributed by atoms with E-state index in [0.29, 0.717) is 58.3 Å². The SMILES string of the molecule is CCOC(=O)CCC1=C(OCC)CCC(CCC(=O)OCC)(P(=O)(c2ccccc2)c2ccccc2)CC1. The van der Waals surface area contributed by atoms with Crippen LogP contribution in [-0.2, 0) is 28.4 Å². The van der Waals surface area contributed by atoms with Crippen molar-refractivity contribution in [3.05, 3.63) is 72.0 Å². The van der Waals surface area contributed by atoms with Gasteiger partial charge in [0, 0.05) is 35.0 Å². The number of carbonyl (C=O) groups is 2. The molecule has 0 amide bonds. The van der Waals surface area contributed by atoms with E-state index < -0.39 is 12.3 Å². The van der Waals surface area contributed by atoms with Crippen molar-refractivity contribution in [1.29, 1.82) is 0 Å². The van der Waals surface area contributed by atoms with Gasteiger partial charge in [-0.3, -0.25) is 9.59 Å². The number of hydrogen-bond acceptors (Lipinski definition) is 6. The molecule has 0 radical (unpaired) electrons. The fourth-order valence-corrected chi connectivity index (χ4v) is 9.39. The Morgan fingerprint density at radius 2 is 1.29 bits per heavy atom. The van der Waals surface area contributed by atoms with Gasteiger partial charge >= 0.3 is 11.9 Å². The summed E-state index contributed by atoms with van der Waals surface area (Å²) in [4.78, 5) is 24.7. The molecule has 7 heteroatoms. The highest BCUT2D eigenvalue weighted by molar-refractivity contribution is 7.80. The maximum absolute atomic E-state index is 15.7. The molecule has 0 spiro atoms. The summed E-state index contributed by atoms with van der Waals surface area (Å²) in [5.74, 6) is 0.375.